The smallest absolute Gasteiger partial charge is 0.175 e. The van der Waals surface area contributed by atoms with E-state index in [9.17, 15) is 8.42 Å². The zero-order valence-electron chi connectivity index (χ0n) is 12.9. The third-order valence-corrected chi connectivity index (χ3v) is 5.08. The first-order valence-corrected chi connectivity index (χ1v) is 9.58. The second kappa shape index (κ2) is 7.21. The van der Waals surface area contributed by atoms with Crippen LogP contribution in [0.4, 0.5) is 0 Å². The highest BCUT2D eigenvalue weighted by Crippen LogP contribution is 2.17. The summed E-state index contributed by atoms with van der Waals surface area (Å²) in [7, 11) is -1.18. The molecule has 2 aromatic rings. The number of hydrogen-bond donors (Lipinski definition) is 0. The van der Waals surface area contributed by atoms with Gasteiger partial charge in [-0.15, -0.1) is 11.3 Å². The molecule has 0 N–H and O–H groups in total. The van der Waals surface area contributed by atoms with Crippen LogP contribution in [0.5, 0.6) is 5.75 Å². The van der Waals surface area contributed by atoms with Gasteiger partial charge in [-0.25, -0.2) is 13.4 Å². The van der Waals surface area contributed by atoms with Crippen molar-refractivity contribution in [1.29, 1.82) is 0 Å². The molecule has 0 aliphatic carbocycles. The van der Waals surface area contributed by atoms with Gasteiger partial charge in [-0.3, -0.25) is 4.90 Å². The first-order chi connectivity index (χ1) is 10.3. The van der Waals surface area contributed by atoms with E-state index in [1.54, 1.807) is 35.6 Å². The zero-order chi connectivity index (χ0) is 16.2. The maximum absolute atomic E-state index is 11.5. The summed E-state index contributed by atoms with van der Waals surface area (Å²) in [6.45, 7) is 4.08. The van der Waals surface area contributed by atoms with Crippen LogP contribution in [0.1, 0.15) is 9.88 Å². The van der Waals surface area contributed by atoms with E-state index < -0.39 is 9.84 Å². The molecule has 1 aromatic carbocycles. The largest absolute Gasteiger partial charge is 0.492 e. The summed E-state index contributed by atoms with van der Waals surface area (Å²) >= 11 is 1.69. The standard InChI is InChI=1S/C15H20N2O3S2/c1-12-16-10-14(21-12)11-17(2)7-8-20-13-5-4-6-15(9-13)22(3,18)19/h4-6,9-10H,7-8,11H2,1-3H3. The van der Waals surface area contributed by atoms with Gasteiger partial charge in [0, 0.05) is 30.4 Å². The van der Waals surface area contributed by atoms with Crippen molar-refractivity contribution in [3.05, 3.63) is 40.3 Å². The van der Waals surface area contributed by atoms with Crippen molar-refractivity contribution < 1.29 is 13.2 Å². The third kappa shape index (κ3) is 5.08. The molecule has 0 saturated heterocycles. The van der Waals surface area contributed by atoms with E-state index in [1.165, 1.54) is 11.1 Å². The van der Waals surface area contributed by atoms with Crippen molar-refractivity contribution in [1.82, 2.24) is 9.88 Å². The number of hydrogen-bond acceptors (Lipinski definition) is 6. The summed E-state index contributed by atoms with van der Waals surface area (Å²) in [5.41, 5.74) is 0. The topological polar surface area (TPSA) is 59.5 Å². The quantitative estimate of drug-likeness (QED) is 0.774. The summed E-state index contributed by atoms with van der Waals surface area (Å²) in [5, 5.41) is 1.07. The van der Waals surface area contributed by atoms with Gasteiger partial charge in [-0.2, -0.15) is 0 Å². The Morgan fingerprint density at radius 2 is 2.14 bits per heavy atom. The normalized spacial score (nSPS) is 11.8. The van der Waals surface area contributed by atoms with Gasteiger partial charge < -0.3 is 4.74 Å². The fourth-order valence-corrected chi connectivity index (χ4v) is 3.47. The van der Waals surface area contributed by atoms with Crippen LogP contribution in [-0.4, -0.2) is 44.8 Å². The summed E-state index contributed by atoms with van der Waals surface area (Å²) in [6.07, 6.45) is 3.09. The molecule has 1 aromatic heterocycles. The van der Waals surface area contributed by atoms with Gasteiger partial charge in [0.25, 0.3) is 0 Å². The van der Waals surface area contributed by atoms with E-state index in [0.29, 0.717) is 12.4 Å². The van der Waals surface area contributed by atoms with Crippen molar-refractivity contribution in [3.63, 3.8) is 0 Å². The minimum Gasteiger partial charge on any atom is -0.492 e. The molecule has 0 bridgehead atoms. The number of aryl methyl sites for hydroxylation is 1. The molecular weight excluding hydrogens is 320 g/mol. The molecule has 22 heavy (non-hydrogen) atoms. The van der Waals surface area contributed by atoms with Gasteiger partial charge in [0.1, 0.15) is 12.4 Å². The molecule has 0 aliphatic rings. The number of thiazole rings is 1. The molecule has 0 radical (unpaired) electrons. The predicted molar refractivity (Wildman–Crippen MR) is 88.2 cm³/mol. The summed E-state index contributed by atoms with van der Waals surface area (Å²) in [4.78, 5) is 7.88. The fraction of sp³-hybridized carbons (Fsp3) is 0.400. The molecule has 0 aliphatic heterocycles. The number of nitrogens with zero attached hydrogens (tertiary/aromatic N) is 2. The lowest BCUT2D eigenvalue weighted by molar-refractivity contribution is 0.233. The molecule has 0 saturated carbocycles. The van der Waals surface area contributed by atoms with Crippen LogP contribution in [0, 0.1) is 6.92 Å². The molecule has 0 fully saturated rings. The molecule has 120 valence electrons. The van der Waals surface area contributed by atoms with Crippen molar-refractivity contribution >= 4 is 21.2 Å². The number of aromatic nitrogens is 1. The van der Waals surface area contributed by atoms with E-state index >= 15 is 0 Å². The maximum atomic E-state index is 11.5. The average Bonchev–Trinajstić information content (AvgIpc) is 2.83. The number of ether oxygens (including phenoxy) is 1. The second-order valence-corrected chi connectivity index (χ2v) is 8.51. The molecule has 5 nitrogen and oxygen atoms in total. The Morgan fingerprint density at radius 3 is 2.77 bits per heavy atom. The Balaban J connectivity index is 1.83. The molecule has 7 heteroatoms. The number of benzene rings is 1. The lowest BCUT2D eigenvalue weighted by Crippen LogP contribution is -2.23. The summed E-state index contributed by atoms with van der Waals surface area (Å²) in [6, 6.07) is 6.58. The molecule has 2 rings (SSSR count). The van der Waals surface area contributed by atoms with Crippen LogP contribution in [0.3, 0.4) is 0 Å². The highest BCUT2D eigenvalue weighted by Gasteiger charge is 2.08. The van der Waals surface area contributed by atoms with Gasteiger partial charge in [0.15, 0.2) is 9.84 Å². The highest BCUT2D eigenvalue weighted by molar-refractivity contribution is 7.90. The van der Waals surface area contributed by atoms with E-state index in [-0.39, 0.29) is 4.90 Å². The lowest BCUT2D eigenvalue weighted by Gasteiger charge is -2.16. The van der Waals surface area contributed by atoms with Crippen LogP contribution >= 0.6 is 11.3 Å². The van der Waals surface area contributed by atoms with Gasteiger partial charge in [0.2, 0.25) is 0 Å². The zero-order valence-corrected chi connectivity index (χ0v) is 14.6. The van der Waals surface area contributed by atoms with Crippen LogP contribution in [-0.2, 0) is 16.4 Å². The van der Waals surface area contributed by atoms with E-state index in [1.807, 2.05) is 20.2 Å². The molecule has 0 amide bonds. The SMILES string of the molecule is Cc1ncc(CN(C)CCOc2cccc(S(C)(=O)=O)c2)s1. The third-order valence-electron chi connectivity index (χ3n) is 3.07. The Labute approximate surface area is 135 Å². The maximum Gasteiger partial charge on any atom is 0.175 e. The Kier molecular flexibility index (Phi) is 5.55. The average molecular weight is 340 g/mol. The van der Waals surface area contributed by atoms with Gasteiger partial charge in [-0.1, -0.05) is 6.07 Å². The van der Waals surface area contributed by atoms with Crippen molar-refractivity contribution in [2.75, 3.05) is 26.5 Å². The number of likely N-dealkylation sites (N-methyl/N-ethyl adjacent to an activating group) is 1. The van der Waals surface area contributed by atoms with E-state index in [0.717, 1.165) is 18.1 Å². The molecule has 0 atom stereocenters. The Hall–Kier alpha value is -1.44. The minimum atomic E-state index is -3.20. The predicted octanol–water partition coefficient (Wildman–Crippen LogP) is 2.37. The van der Waals surface area contributed by atoms with Crippen LogP contribution in [0.2, 0.25) is 0 Å². The lowest BCUT2D eigenvalue weighted by atomic mass is 10.3. The minimum absolute atomic E-state index is 0.276. The highest BCUT2D eigenvalue weighted by atomic mass is 32.2. The van der Waals surface area contributed by atoms with Gasteiger partial charge in [0.05, 0.1) is 9.90 Å². The first-order valence-electron chi connectivity index (χ1n) is 6.87. The van der Waals surface area contributed by atoms with E-state index in [4.69, 9.17) is 4.74 Å². The van der Waals surface area contributed by atoms with Crippen molar-refractivity contribution in [3.8, 4) is 5.75 Å². The van der Waals surface area contributed by atoms with Crippen LogP contribution < -0.4 is 4.74 Å². The second-order valence-electron chi connectivity index (χ2n) is 5.18. The summed E-state index contributed by atoms with van der Waals surface area (Å²) < 4.78 is 28.6. The van der Waals surface area contributed by atoms with Gasteiger partial charge >= 0.3 is 0 Å². The molecule has 0 unspecified atom stereocenters. The molecule has 1 heterocycles. The summed E-state index contributed by atoms with van der Waals surface area (Å²) in [5.74, 6) is 0.574. The van der Waals surface area contributed by atoms with Gasteiger partial charge in [-0.05, 0) is 32.2 Å². The van der Waals surface area contributed by atoms with Crippen molar-refractivity contribution in [2.45, 2.75) is 18.4 Å². The van der Waals surface area contributed by atoms with Crippen LogP contribution in [0.15, 0.2) is 35.4 Å². The van der Waals surface area contributed by atoms with Crippen molar-refractivity contribution in [2.24, 2.45) is 0 Å². The van der Waals surface area contributed by atoms with E-state index in [2.05, 4.69) is 9.88 Å². The number of rotatable bonds is 7. The Morgan fingerprint density at radius 1 is 1.36 bits per heavy atom. The van der Waals surface area contributed by atoms with Crippen LogP contribution in [0.25, 0.3) is 0 Å². The molecule has 0 spiro atoms. The monoisotopic (exact) mass is 340 g/mol. The number of sulfone groups is 1. The molecular formula is C15H20N2O3S2. The Bertz CT molecular complexity index is 726. The first kappa shape index (κ1) is 16.9. The fourth-order valence-electron chi connectivity index (χ4n) is 1.94.